The van der Waals surface area contributed by atoms with Crippen molar-refractivity contribution >= 4 is 33.3 Å². The normalized spacial score (nSPS) is 17.7. The molecular formula is C27H34N4OS. The first kappa shape index (κ1) is 22.3. The average molecular weight is 463 g/mol. The van der Waals surface area contributed by atoms with Gasteiger partial charge in [-0.15, -0.1) is 11.3 Å². The Morgan fingerprint density at radius 2 is 1.82 bits per heavy atom. The van der Waals surface area contributed by atoms with Crippen LogP contribution in [0.4, 0.5) is 5.82 Å². The highest BCUT2D eigenvalue weighted by molar-refractivity contribution is 7.19. The van der Waals surface area contributed by atoms with Gasteiger partial charge in [-0.1, -0.05) is 38.5 Å². The maximum Gasteiger partial charge on any atom is 0.254 e. The van der Waals surface area contributed by atoms with E-state index in [1.165, 1.54) is 46.3 Å². The summed E-state index contributed by atoms with van der Waals surface area (Å²) < 4.78 is 0. The van der Waals surface area contributed by atoms with Crippen LogP contribution in [0.15, 0.2) is 24.3 Å². The Hall–Kier alpha value is -2.47. The second-order valence-corrected chi connectivity index (χ2v) is 10.6. The van der Waals surface area contributed by atoms with E-state index in [1.807, 2.05) is 47.4 Å². The highest BCUT2D eigenvalue weighted by atomic mass is 32.1. The lowest BCUT2D eigenvalue weighted by molar-refractivity contribution is 0.0746. The minimum Gasteiger partial charge on any atom is -0.352 e. The summed E-state index contributed by atoms with van der Waals surface area (Å²) in [4.78, 5) is 30.4. The quantitative estimate of drug-likeness (QED) is 0.464. The smallest absolute Gasteiger partial charge is 0.254 e. The molecule has 0 saturated carbocycles. The van der Waals surface area contributed by atoms with Gasteiger partial charge in [-0.2, -0.15) is 0 Å². The number of aryl methyl sites for hydroxylation is 3. The van der Waals surface area contributed by atoms with Crippen LogP contribution in [0.25, 0.3) is 10.2 Å². The average Bonchev–Trinajstić information content (AvgIpc) is 3.03. The number of benzene rings is 1. The number of rotatable bonds is 4. The lowest BCUT2D eigenvalue weighted by Gasteiger charge is -2.36. The summed E-state index contributed by atoms with van der Waals surface area (Å²) in [5.41, 5.74) is 3.36. The fourth-order valence-electron chi connectivity index (χ4n) is 5.07. The van der Waals surface area contributed by atoms with Crippen LogP contribution in [0.5, 0.6) is 0 Å². The Labute approximate surface area is 200 Å². The first-order valence-corrected chi connectivity index (χ1v) is 13.3. The van der Waals surface area contributed by atoms with E-state index < -0.39 is 0 Å². The van der Waals surface area contributed by atoms with E-state index >= 15 is 0 Å². The molecule has 0 spiro atoms. The minimum atomic E-state index is 0.144. The molecule has 1 aliphatic carbocycles. The molecule has 1 unspecified atom stereocenters. The fourth-order valence-corrected chi connectivity index (χ4v) is 6.33. The molecule has 33 heavy (non-hydrogen) atoms. The van der Waals surface area contributed by atoms with Crippen LogP contribution in [0.1, 0.15) is 77.6 Å². The van der Waals surface area contributed by atoms with Crippen molar-refractivity contribution in [3.8, 4) is 0 Å². The Morgan fingerprint density at radius 3 is 2.58 bits per heavy atom. The van der Waals surface area contributed by atoms with Crippen LogP contribution in [0.3, 0.4) is 0 Å². The molecule has 5 rings (SSSR count). The molecule has 174 valence electrons. The van der Waals surface area contributed by atoms with Crippen LogP contribution in [-0.4, -0.2) is 47.0 Å². The van der Waals surface area contributed by atoms with Gasteiger partial charge in [0.05, 0.1) is 5.39 Å². The predicted octanol–water partition coefficient (Wildman–Crippen LogP) is 5.74. The first-order chi connectivity index (χ1) is 16.1. The van der Waals surface area contributed by atoms with Crippen LogP contribution >= 0.6 is 11.3 Å². The second-order valence-electron chi connectivity index (χ2n) is 9.55. The molecule has 1 aliphatic heterocycles. The standard InChI is InChI=1S/C27H34N4OS/c1-4-18(2)24-28-25(23-21-12-6-5-7-13-22(21)33-26(23)29-24)30-14-16-31(17-15-30)27(32)20-11-9-8-10-19(20)3/h8-11,18H,4-7,12-17H2,1-3H3. The summed E-state index contributed by atoms with van der Waals surface area (Å²) in [5, 5.41) is 1.29. The number of anilines is 1. The number of amides is 1. The van der Waals surface area contributed by atoms with Gasteiger partial charge in [-0.05, 0) is 56.2 Å². The zero-order valence-corrected chi connectivity index (χ0v) is 20.9. The van der Waals surface area contributed by atoms with E-state index in [-0.39, 0.29) is 5.91 Å². The van der Waals surface area contributed by atoms with Crippen molar-refractivity contribution in [3.63, 3.8) is 0 Å². The molecule has 0 radical (unpaired) electrons. The molecule has 3 heterocycles. The highest BCUT2D eigenvalue weighted by Crippen LogP contribution is 2.40. The lowest BCUT2D eigenvalue weighted by Crippen LogP contribution is -2.49. The molecule has 0 N–H and O–H groups in total. The number of fused-ring (bicyclic) bond motifs is 3. The second kappa shape index (κ2) is 9.41. The van der Waals surface area contributed by atoms with E-state index in [0.717, 1.165) is 61.8 Å². The minimum absolute atomic E-state index is 0.144. The predicted molar refractivity (Wildman–Crippen MR) is 137 cm³/mol. The molecule has 1 aromatic carbocycles. The summed E-state index contributed by atoms with van der Waals surface area (Å²) in [6.07, 6.45) is 7.19. The Kier molecular flexibility index (Phi) is 6.37. The van der Waals surface area contributed by atoms with Crippen LogP contribution in [-0.2, 0) is 12.8 Å². The van der Waals surface area contributed by atoms with E-state index in [4.69, 9.17) is 9.97 Å². The van der Waals surface area contributed by atoms with Gasteiger partial charge in [0, 0.05) is 42.5 Å². The third kappa shape index (κ3) is 4.25. The molecule has 1 saturated heterocycles. The van der Waals surface area contributed by atoms with Gasteiger partial charge in [-0.3, -0.25) is 4.79 Å². The third-order valence-corrected chi connectivity index (χ3v) is 8.54. The third-order valence-electron chi connectivity index (χ3n) is 7.36. The molecule has 6 heteroatoms. The number of carbonyl (C=O) groups is 1. The number of thiophene rings is 1. The van der Waals surface area contributed by atoms with Gasteiger partial charge in [0.25, 0.3) is 5.91 Å². The van der Waals surface area contributed by atoms with Crippen molar-refractivity contribution in [2.75, 3.05) is 31.1 Å². The van der Waals surface area contributed by atoms with E-state index in [9.17, 15) is 4.79 Å². The Morgan fingerprint density at radius 1 is 1.06 bits per heavy atom. The van der Waals surface area contributed by atoms with Crippen molar-refractivity contribution in [3.05, 3.63) is 51.7 Å². The summed E-state index contributed by atoms with van der Waals surface area (Å²) in [6.45, 7) is 9.52. The van der Waals surface area contributed by atoms with Gasteiger partial charge in [0.2, 0.25) is 0 Å². The number of nitrogens with zero attached hydrogens (tertiary/aromatic N) is 4. The van der Waals surface area contributed by atoms with Gasteiger partial charge >= 0.3 is 0 Å². The molecule has 0 bridgehead atoms. The van der Waals surface area contributed by atoms with Gasteiger partial charge in [0.15, 0.2) is 0 Å². The maximum absolute atomic E-state index is 13.1. The summed E-state index contributed by atoms with van der Waals surface area (Å²) in [5.74, 6) is 2.57. The van der Waals surface area contributed by atoms with Crippen molar-refractivity contribution in [1.82, 2.24) is 14.9 Å². The van der Waals surface area contributed by atoms with E-state index in [2.05, 4.69) is 18.7 Å². The molecule has 5 nitrogen and oxygen atoms in total. The lowest BCUT2D eigenvalue weighted by atomic mass is 10.1. The van der Waals surface area contributed by atoms with Gasteiger partial charge in [-0.25, -0.2) is 9.97 Å². The SMILES string of the molecule is CCC(C)c1nc(N2CCN(C(=O)c3ccccc3C)CC2)c2c3c(sc2n1)CCCCC3. The maximum atomic E-state index is 13.1. The molecule has 2 aliphatic rings. The molecule has 1 atom stereocenters. The molecule has 2 aromatic heterocycles. The van der Waals surface area contributed by atoms with Crippen molar-refractivity contribution in [2.24, 2.45) is 0 Å². The molecule has 1 amide bonds. The number of hydrogen-bond acceptors (Lipinski definition) is 5. The zero-order chi connectivity index (χ0) is 22.9. The Balaban J connectivity index is 1.46. The monoisotopic (exact) mass is 462 g/mol. The molecular weight excluding hydrogens is 428 g/mol. The van der Waals surface area contributed by atoms with Gasteiger partial charge < -0.3 is 9.80 Å². The first-order valence-electron chi connectivity index (χ1n) is 12.5. The van der Waals surface area contributed by atoms with Crippen molar-refractivity contribution in [2.45, 2.75) is 65.2 Å². The summed E-state index contributed by atoms with van der Waals surface area (Å²) >= 11 is 1.90. The van der Waals surface area contributed by atoms with Crippen LogP contribution in [0, 0.1) is 6.92 Å². The van der Waals surface area contributed by atoms with Crippen molar-refractivity contribution < 1.29 is 4.79 Å². The van der Waals surface area contributed by atoms with E-state index in [0.29, 0.717) is 5.92 Å². The number of hydrogen-bond donors (Lipinski definition) is 0. The molecule has 3 aromatic rings. The molecule has 1 fully saturated rings. The largest absolute Gasteiger partial charge is 0.352 e. The highest BCUT2D eigenvalue weighted by Gasteiger charge is 2.28. The van der Waals surface area contributed by atoms with Crippen LogP contribution < -0.4 is 4.90 Å². The fraction of sp³-hybridized carbons (Fsp3) is 0.519. The number of aromatic nitrogens is 2. The Bertz CT molecular complexity index is 1160. The topological polar surface area (TPSA) is 49.3 Å². The number of carbonyl (C=O) groups excluding carboxylic acids is 1. The summed E-state index contributed by atoms with van der Waals surface area (Å²) in [7, 11) is 0. The number of piperazine rings is 1. The van der Waals surface area contributed by atoms with Crippen LogP contribution in [0.2, 0.25) is 0 Å². The van der Waals surface area contributed by atoms with Crippen molar-refractivity contribution in [1.29, 1.82) is 0 Å². The summed E-state index contributed by atoms with van der Waals surface area (Å²) in [6, 6.07) is 7.90. The van der Waals surface area contributed by atoms with Gasteiger partial charge in [0.1, 0.15) is 16.5 Å². The zero-order valence-electron chi connectivity index (χ0n) is 20.1. The van der Waals surface area contributed by atoms with E-state index in [1.54, 1.807) is 0 Å².